The molecule has 154 valence electrons. The van der Waals surface area contributed by atoms with E-state index < -0.39 is 40.6 Å². The van der Waals surface area contributed by atoms with Crippen LogP contribution in [-0.2, 0) is 0 Å². The predicted octanol–water partition coefficient (Wildman–Crippen LogP) is 3.00. The van der Waals surface area contributed by atoms with E-state index >= 15 is 0 Å². The number of aromatic nitrogens is 2. The molecule has 29 heavy (non-hydrogen) atoms. The Morgan fingerprint density at radius 1 is 1.00 bits per heavy atom. The lowest BCUT2D eigenvalue weighted by molar-refractivity contribution is -0.0475. The minimum absolute atomic E-state index is 0.0910. The zero-order valence-electron chi connectivity index (χ0n) is 15.1. The van der Waals surface area contributed by atoms with Crippen molar-refractivity contribution < 1.29 is 22.4 Å². The van der Waals surface area contributed by atoms with E-state index in [9.17, 15) is 31.9 Å². The topological polar surface area (TPSA) is 84.0 Å². The van der Waals surface area contributed by atoms with Crippen molar-refractivity contribution in [3.8, 4) is 5.69 Å². The van der Waals surface area contributed by atoms with Crippen LogP contribution >= 0.6 is 0 Å². The van der Waals surface area contributed by atoms with E-state index in [2.05, 4.69) is 10.3 Å². The van der Waals surface area contributed by atoms with Crippen LogP contribution < -0.4 is 16.6 Å². The summed E-state index contributed by atoms with van der Waals surface area (Å²) in [5.41, 5.74) is -2.65. The van der Waals surface area contributed by atoms with Gasteiger partial charge in [-0.2, -0.15) is 0 Å². The Labute approximate surface area is 161 Å². The molecule has 1 aliphatic carbocycles. The molecule has 1 fully saturated rings. The van der Waals surface area contributed by atoms with Gasteiger partial charge in [-0.25, -0.2) is 26.9 Å². The van der Waals surface area contributed by atoms with Gasteiger partial charge in [0, 0.05) is 31.4 Å². The molecule has 0 amide bonds. The average molecular weight is 411 g/mol. The van der Waals surface area contributed by atoms with Gasteiger partial charge in [0.1, 0.15) is 23.0 Å². The number of carbonyl (C=O) groups is 1. The van der Waals surface area contributed by atoms with E-state index in [0.29, 0.717) is 10.6 Å². The summed E-state index contributed by atoms with van der Waals surface area (Å²) >= 11 is 0. The van der Waals surface area contributed by atoms with Crippen LogP contribution in [0.1, 0.15) is 42.5 Å². The summed E-state index contributed by atoms with van der Waals surface area (Å²) in [6.45, 7) is 0. The van der Waals surface area contributed by atoms with Crippen LogP contribution in [0.4, 0.5) is 23.4 Å². The highest BCUT2D eigenvalue weighted by atomic mass is 19.3. The number of rotatable bonds is 2. The number of alkyl halides is 2. The molecule has 2 N–H and O–H groups in total. The van der Waals surface area contributed by atoms with Gasteiger partial charge in [-0.15, -0.1) is 0 Å². The number of anilines is 1. The zero-order valence-corrected chi connectivity index (χ0v) is 15.1. The molecular weight excluding hydrogens is 394 g/mol. The summed E-state index contributed by atoms with van der Waals surface area (Å²) in [5, 5.41) is 2.92. The molecule has 2 aromatic rings. The van der Waals surface area contributed by atoms with E-state index in [0.717, 1.165) is 12.1 Å². The van der Waals surface area contributed by atoms with Gasteiger partial charge in [0.15, 0.2) is 5.78 Å². The second-order valence-electron chi connectivity index (χ2n) is 7.52. The molecule has 0 radical (unpaired) electrons. The van der Waals surface area contributed by atoms with Crippen molar-refractivity contribution in [2.75, 3.05) is 5.32 Å². The number of hydrogen-bond acceptors (Lipinski definition) is 4. The summed E-state index contributed by atoms with van der Waals surface area (Å²) in [6.07, 6.45) is -0.212. The fourth-order valence-electron chi connectivity index (χ4n) is 4.09. The number of benzene rings is 1. The van der Waals surface area contributed by atoms with Crippen molar-refractivity contribution in [2.45, 2.75) is 44.1 Å². The normalized spacial score (nSPS) is 21.5. The molecule has 0 bridgehead atoms. The number of hydrogen-bond donors (Lipinski definition) is 2. The highest BCUT2D eigenvalue weighted by Crippen LogP contribution is 2.39. The quantitative estimate of drug-likeness (QED) is 0.745. The van der Waals surface area contributed by atoms with E-state index in [1.54, 1.807) is 0 Å². The van der Waals surface area contributed by atoms with Crippen LogP contribution in [0, 0.1) is 17.6 Å². The molecule has 1 aromatic heterocycles. The summed E-state index contributed by atoms with van der Waals surface area (Å²) in [4.78, 5) is 40.2. The van der Waals surface area contributed by atoms with Gasteiger partial charge in [-0.05, 0) is 30.9 Å². The summed E-state index contributed by atoms with van der Waals surface area (Å²) in [5.74, 6) is -5.53. The van der Waals surface area contributed by atoms with Crippen molar-refractivity contribution in [2.24, 2.45) is 5.92 Å². The van der Waals surface area contributed by atoms with Gasteiger partial charge in [-0.3, -0.25) is 14.6 Å². The van der Waals surface area contributed by atoms with Crippen LogP contribution in [0.5, 0.6) is 0 Å². The Bertz CT molecular complexity index is 1080. The van der Waals surface area contributed by atoms with Crippen molar-refractivity contribution in [1.82, 2.24) is 9.55 Å². The molecule has 0 saturated heterocycles. The highest BCUT2D eigenvalue weighted by Gasteiger charge is 2.40. The third kappa shape index (κ3) is 3.58. The maximum Gasteiger partial charge on any atom is 0.334 e. The highest BCUT2D eigenvalue weighted by molar-refractivity contribution is 6.02. The Morgan fingerprint density at radius 2 is 1.62 bits per heavy atom. The number of Topliss-reactive ketones (excluding diaryl/α,β-unsaturated/α-hetero) is 1. The SMILES string of the molecule is O=C1C[C@H](C2CCC(F)(F)CC2)Nc2[nH]c(=O)n(-c3cc(F)cc(F)c3)c(=O)c21. The second kappa shape index (κ2) is 6.85. The number of nitrogens with one attached hydrogen (secondary N) is 2. The van der Waals surface area contributed by atoms with E-state index in [-0.39, 0.29) is 55.1 Å². The summed E-state index contributed by atoms with van der Waals surface area (Å²) in [7, 11) is 0. The zero-order chi connectivity index (χ0) is 20.9. The van der Waals surface area contributed by atoms with E-state index in [1.165, 1.54) is 0 Å². The maximum absolute atomic E-state index is 13.5. The first-order valence-electron chi connectivity index (χ1n) is 9.18. The Hall–Kier alpha value is -2.91. The number of aromatic amines is 1. The largest absolute Gasteiger partial charge is 0.367 e. The first kappa shape index (κ1) is 19.4. The van der Waals surface area contributed by atoms with Gasteiger partial charge >= 0.3 is 5.69 Å². The molecular formula is C19H17F4N3O3. The van der Waals surface area contributed by atoms with Crippen molar-refractivity contribution in [1.29, 1.82) is 0 Å². The first-order valence-corrected chi connectivity index (χ1v) is 9.18. The number of fused-ring (bicyclic) bond motifs is 1. The minimum Gasteiger partial charge on any atom is -0.367 e. The average Bonchev–Trinajstić information content (AvgIpc) is 2.60. The summed E-state index contributed by atoms with van der Waals surface area (Å²) < 4.78 is 54.3. The minimum atomic E-state index is -2.71. The lowest BCUT2D eigenvalue weighted by atomic mass is 9.79. The first-order chi connectivity index (χ1) is 13.6. The number of H-pyrrole nitrogens is 1. The fourth-order valence-corrected chi connectivity index (χ4v) is 4.09. The van der Waals surface area contributed by atoms with Crippen LogP contribution in [0.2, 0.25) is 0 Å². The van der Waals surface area contributed by atoms with Crippen LogP contribution in [0.25, 0.3) is 5.69 Å². The standard InChI is InChI=1S/C19H17F4N3O3/c20-10-5-11(21)7-12(6-10)26-17(28)15-14(27)8-13(24-16(15)25-18(26)29)9-1-3-19(22,23)4-2-9/h5-7,9,13,24H,1-4,8H2,(H,25,29)/t13-/m1/s1. The van der Waals surface area contributed by atoms with E-state index in [1.807, 2.05) is 0 Å². The molecule has 1 atom stereocenters. The maximum atomic E-state index is 13.5. The lowest BCUT2D eigenvalue weighted by Gasteiger charge is -2.36. The van der Waals surface area contributed by atoms with Gasteiger partial charge in [-0.1, -0.05) is 0 Å². The molecule has 1 aliphatic heterocycles. The Morgan fingerprint density at radius 3 is 2.24 bits per heavy atom. The molecule has 0 unspecified atom stereocenters. The summed E-state index contributed by atoms with van der Waals surface area (Å²) in [6, 6.07) is 1.71. The molecule has 4 rings (SSSR count). The third-order valence-electron chi connectivity index (χ3n) is 5.55. The molecule has 10 heteroatoms. The lowest BCUT2D eigenvalue weighted by Crippen LogP contribution is -2.45. The van der Waals surface area contributed by atoms with Crippen molar-refractivity contribution in [3.63, 3.8) is 0 Å². The molecule has 1 aromatic carbocycles. The number of halogens is 4. The second-order valence-corrected chi connectivity index (χ2v) is 7.52. The van der Waals surface area contributed by atoms with Crippen LogP contribution in [-0.4, -0.2) is 27.3 Å². The molecule has 2 aliphatic rings. The van der Waals surface area contributed by atoms with Crippen molar-refractivity contribution >= 4 is 11.6 Å². The monoisotopic (exact) mass is 411 g/mol. The fraction of sp³-hybridized carbons (Fsp3) is 0.421. The molecule has 6 nitrogen and oxygen atoms in total. The van der Waals surface area contributed by atoms with Crippen LogP contribution in [0.15, 0.2) is 27.8 Å². The van der Waals surface area contributed by atoms with Gasteiger partial charge in [0.2, 0.25) is 5.92 Å². The van der Waals surface area contributed by atoms with E-state index in [4.69, 9.17) is 0 Å². The molecule has 2 heterocycles. The van der Waals surface area contributed by atoms with Gasteiger partial charge in [0.05, 0.1) is 5.69 Å². The Balaban J connectivity index is 1.71. The van der Waals surface area contributed by atoms with Crippen molar-refractivity contribution in [3.05, 3.63) is 56.2 Å². The van der Waals surface area contributed by atoms with Gasteiger partial charge in [0.25, 0.3) is 5.56 Å². The number of ketones is 1. The van der Waals surface area contributed by atoms with Crippen LogP contribution in [0.3, 0.4) is 0 Å². The number of carbonyl (C=O) groups excluding carboxylic acids is 1. The third-order valence-corrected chi connectivity index (χ3v) is 5.55. The molecule has 0 spiro atoms. The smallest absolute Gasteiger partial charge is 0.334 e. The Kier molecular flexibility index (Phi) is 4.59. The number of nitrogens with zero attached hydrogens (tertiary/aromatic N) is 1. The predicted molar refractivity (Wildman–Crippen MR) is 95.8 cm³/mol. The van der Waals surface area contributed by atoms with Gasteiger partial charge < -0.3 is 5.32 Å². The molecule has 1 saturated carbocycles.